The third-order valence-electron chi connectivity index (χ3n) is 5.57. The van der Waals surface area contributed by atoms with E-state index in [0.29, 0.717) is 11.1 Å². The molecule has 1 aliphatic heterocycles. The van der Waals surface area contributed by atoms with Gasteiger partial charge in [0.15, 0.2) is 11.3 Å². The number of carbonyl (C=O) groups is 1. The number of hydrogen-bond acceptors (Lipinski definition) is 10. The molecule has 0 bridgehead atoms. The van der Waals surface area contributed by atoms with Gasteiger partial charge in [0.2, 0.25) is 5.75 Å². The van der Waals surface area contributed by atoms with E-state index in [9.17, 15) is 24.9 Å². The van der Waals surface area contributed by atoms with E-state index in [4.69, 9.17) is 19.6 Å². The first-order valence-electron chi connectivity index (χ1n) is 9.37. The van der Waals surface area contributed by atoms with Gasteiger partial charge in [0.25, 0.3) is 5.91 Å². The van der Waals surface area contributed by atoms with Crippen molar-refractivity contribution in [2.45, 2.75) is 34.4 Å². The molecule has 1 aliphatic carbocycles. The van der Waals surface area contributed by atoms with E-state index in [2.05, 4.69) is 5.32 Å². The molecular formula is C20H22N2O8S. The second-order valence-corrected chi connectivity index (χ2v) is 9.01. The molecule has 2 heterocycles. The van der Waals surface area contributed by atoms with E-state index < -0.39 is 39.5 Å². The fraction of sp³-hybridized carbons (Fsp3) is 0.400. The molecule has 4 rings (SSSR count). The Kier molecular flexibility index (Phi) is 5.26. The molecule has 10 nitrogen and oxygen atoms in total. The first kappa shape index (κ1) is 21.7. The van der Waals surface area contributed by atoms with Crippen molar-refractivity contribution in [2.24, 2.45) is 5.73 Å². The first-order chi connectivity index (χ1) is 14.6. The molecule has 31 heavy (non-hydrogen) atoms. The number of fused-ring (bicyclic) bond motifs is 2. The van der Waals surface area contributed by atoms with Gasteiger partial charge < -0.3 is 40.3 Å². The van der Waals surface area contributed by atoms with Crippen molar-refractivity contribution in [3.8, 4) is 11.5 Å². The molecule has 11 heteroatoms. The van der Waals surface area contributed by atoms with Crippen LogP contribution in [0.3, 0.4) is 0 Å². The summed E-state index contributed by atoms with van der Waals surface area (Å²) in [6, 6.07) is 4.69. The molecule has 1 amide bonds. The predicted molar refractivity (Wildman–Crippen MR) is 113 cm³/mol. The highest BCUT2D eigenvalue weighted by Crippen LogP contribution is 2.51. The minimum absolute atomic E-state index is 0.145. The monoisotopic (exact) mass is 450 g/mol. The molecule has 5 atom stereocenters. The molecule has 0 unspecified atom stereocenters. The summed E-state index contributed by atoms with van der Waals surface area (Å²) in [5, 5.41) is 33.1. The zero-order valence-electron chi connectivity index (χ0n) is 16.7. The third kappa shape index (κ3) is 3.38. The second-order valence-electron chi connectivity index (χ2n) is 7.54. The fourth-order valence-electron chi connectivity index (χ4n) is 3.93. The SMILES string of the molecule is COc1ccc2cc(NC(=O)[C@@]3(N)C[C@]4(O)[C@@H](C=C[C@@H](O)[C@@H]4O)S3)c(=O)oc2c1OC. The molecule has 1 aromatic carbocycles. The van der Waals surface area contributed by atoms with E-state index in [1.54, 1.807) is 12.1 Å². The lowest BCUT2D eigenvalue weighted by atomic mass is 9.80. The summed E-state index contributed by atoms with van der Waals surface area (Å²) in [6.07, 6.45) is -0.241. The van der Waals surface area contributed by atoms with Gasteiger partial charge in [-0.05, 0) is 18.2 Å². The van der Waals surface area contributed by atoms with Gasteiger partial charge in [-0.3, -0.25) is 4.79 Å². The topological polar surface area (TPSA) is 164 Å². The number of ether oxygens (including phenoxy) is 2. The molecule has 1 fully saturated rings. The van der Waals surface area contributed by atoms with Crippen molar-refractivity contribution in [3.05, 3.63) is 40.8 Å². The molecule has 166 valence electrons. The van der Waals surface area contributed by atoms with Gasteiger partial charge in [0.05, 0.1) is 19.5 Å². The number of hydrogen-bond donors (Lipinski definition) is 5. The Labute approximate surface area is 180 Å². The standard InChI is InChI=1S/C20H22N2O8S/c1-28-12-5-3-9-7-10(17(25)30-14(9)15(12)29-2)22-18(26)20(21)8-19(27)13(31-20)6-4-11(23)16(19)24/h3-7,11,13,16,23-24,27H,8,21H2,1-2H3,(H,22,26)/t11-,13-,16+,19+,20-/m1/s1. The highest BCUT2D eigenvalue weighted by atomic mass is 32.2. The van der Waals surface area contributed by atoms with Crippen LogP contribution in [0.4, 0.5) is 5.69 Å². The maximum Gasteiger partial charge on any atom is 0.360 e. The molecule has 0 radical (unpaired) electrons. The van der Waals surface area contributed by atoms with Crippen molar-refractivity contribution < 1.29 is 34.0 Å². The van der Waals surface area contributed by atoms with Gasteiger partial charge in [-0.1, -0.05) is 12.2 Å². The number of thioether (sulfide) groups is 1. The van der Waals surface area contributed by atoms with Crippen molar-refractivity contribution in [1.82, 2.24) is 0 Å². The van der Waals surface area contributed by atoms with E-state index in [0.717, 1.165) is 11.8 Å². The molecule has 1 saturated heterocycles. The van der Waals surface area contributed by atoms with E-state index in [1.807, 2.05) is 0 Å². The molecule has 2 aliphatic rings. The summed E-state index contributed by atoms with van der Waals surface area (Å²) in [4.78, 5) is 23.8. The Morgan fingerprint density at radius 2 is 2.03 bits per heavy atom. The van der Waals surface area contributed by atoms with Crippen LogP contribution in [0.2, 0.25) is 0 Å². The smallest absolute Gasteiger partial charge is 0.360 e. The Hall–Kier alpha value is -2.57. The number of nitrogens with two attached hydrogens (primary N) is 1. The summed E-state index contributed by atoms with van der Waals surface area (Å²) in [6.45, 7) is 0. The normalized spacial score (nSPS) is 32.0. The Bertz CT molecular complexity index is 1130. The van der Waals surface area contributed by atoms with Crippen molar-refractivity contribution in [1.29, 1.82) is 0 Å². The number of amides is 1. The Balaban J connectivity index is 1.64. The zero-order valence-corrected chi connectivity index (χ0v) is 17.5. The summed E-state index contributed by atoms with van der Waals surface area (Å²) < 4.78 is 15.8. The number of aliphatic hydroxyl groups is 3. The quantitative estimate of drug-likeness (QED) is 0.315. The second kappa shape index (κ2) is 7.53. The van der Waals surface area contributed by atoms with E-state index in [-0.39, 0.29) is 23.4 Å². The zero-order chi connectivity index (χ0) is 22.6. The molecular weight excluding hydrogens is 428 g/mol. The maximum absolute atomic E-state index is 13.0. The van der Waals surface area contributed by atoms with E-state index >= 15 is 0 Å². The Morgan fingerprint density at radius 3 is 2.71 bits per heavy atom. The number of benzene rings is 1. The molecule has 1 aromatic heterocycles. The average Bonchev–Trinajstić information content (AvgIpc) is 3.03. The summed E-state index contributed by atoms with van der Waals surface area (Å²) in [5.41, 5.74) is 3.64. The molecule has 0 spiro atoms. The summed E-state index contributed by atoms with van der Waals surface area (Å²) in [7, 11) is 2.86. The first-order valence-corrected chi connectivity index (χ1v) is 10.2. The van der Waals surface area contributed by atoms with Crippen molar-refractivity contribution >= 4 is 34.3 Å². The van der Waals surface area contributed by atoms with Crippen LogP contribution < -0.4 is 26.1 Å². The van der Waals surface area contributed by atoms with Crippen LogP contribution in [-0.2, 0) is 4.79 Å². The number of rotatable bonds is 4. The largest absolute Gasteiger partial charge is 0.493 e. The lowest BCUT2D eigenvalue weighted by Gasteiger charge is -2.37. The number of anilines is 1. The van der Waals surface area contributed by atoms with E-state index in [1.165, 1.54) is 32.4 Å². The van der Waals surface area contributed by atoms with Gasteiger partial charge in [-0.15, -0.1) is 11.8 Å². The molecule has 0 saturated carbocycles. The maximum atomic E-state index is 13.0. The van der Waals surface area contributed by atoms with Gasteiger partial charge in [-0.2, -0.15) is 0 Å². The minimum Gasteiger partial charge on any atom is -0.493 e. The third-order valence-corrected chi connectivity index (χ3v) is 7.14. The minimum atomic E-state index is -1.79. The van der Waals surface area contributed by atoms with Crippen LogP contribution in [0.15, 0.2) is 39.6 Å². The highest BCUT2D eigenvalue weighted by molar-refractivity contribution is 8.02. The predicted octanol–water partition coefficient (Wildman–Crippen LogP) is -0.0681. The van der Waals surface area contributed by atoms with Crippen LogP contribution >= 0.6 is 11.8 Å². The lowest BCUT2D eigenvalue weighted by Crippen LogP contribution is -2.57. The van der Waals surface area contributed by atoms with Crippen LogP contribution in [0, 0.1) is 0 Å². The average molecular weight is 450 g/mol. The summed E-state index contributed by atoms with van der Waals surface area (Å²) in [5.74, 6) is -0.132. The van der Waals surface area contributed by atoms with Crippen molar-refractivity contribution in [3.63, 3.8) is 0 Å². The Morgan fingerprint density at radius 1 is 1.29 bits per heavy atom. The van der Waals surface area contributed by atoms with Crippen LogP contribution in [0.1, 0.15) is 6.42 Å². The fourth-order valence-corrected chi connectivity index (χ4v) is 5.45. The van der Waals surface area contributed by atoms with Gasteiger partial charge in [0, 0.05) is 11.8 Å². The number of carbonyl (C=O) groups excluding carboxylic acids is 1. The number of methoxy groups -OCH3 is 2. The summed E-state index contributed by atoms with van der Waals surface area (Å²) >= 11 is 0.938. The van der Waals surface area contributed by atoms with Crippen LogP contribution in [0.5, 0.6) is 11.5 Å². The lowest BCUT2D eigenvalue weighted by molar-refractivity contribution is -0.129. The van der Waals surface area contributed by atoms with Crippen molar-refractivity contribution in [2.75, 3.05) is 19.5 Å². The number of nitrogens with one attached hydrogen (secondary N) is 1. The van der Waals surface area contributed by atoms with Gasteiger partial charge in [0.1, 0.15) is 28.4 Å². The van der Waals surface area contributed by atoms with Gasteiger partial charge in [-0.25, -0.2) is 4.79 Å². The number of aliphatic hydroxyl groups excluding tert-OH is 2. The van der Waals surface area contributed by atoms with Crippen LogP contribution in [0.25, 0.3) is 11.0 Å². The van der Waals surface area contributed by atoms with Crippen LogP contribution in [-0.4, -0.2) is 63.4 Å². The highest BCUT2D eigenvalue weighted by Gasteiger charge is 2.61. The van der Waals surface area contributed by atoms with Gasteiger partial charge >= 0.3 is 5.63 Å². The molecule has 6 N–H and O–H groups in total. The molecule has 2 aromatic rings.